The van der Waals surface area contributed by atoms with E-state index in [1.807, 2.05) is 0 Å². The Morgan fingerprint density at radius 1 is 1.53 bits per heavy atom. The van der Waals surface area contributed by atoms with Crippen molar-refractivity contribution in [1.82, 2.24) is 5.32 Å². The fourth-order valence-electron chi connectivity index (χ4n) is 1.66. The molecule has 1 aliphatic carbocycles. The Kier molecular flexibility index (Phi) is 3.74. The molecule has 102 valence electrons. The van der Waals surface area contributed by atoms with Gasteiger partial charge in [0.25, 0.3) is 0 Å². The number of hydrogen-bond acceptors (Lipinski definition) is 4. The second kappa shape index (κ2) is 5.47. The molecule has 0 aliphatic heterocycles. The van der Waals surface area contributed by atoms with Gasteiger partial charge in [-0.05, 0) is 25.0 Å². The SMILES string of the molecule is COc1cccc(/C(N)=N/O)c1NC(=O)NC1CC1. The van der Waals surface area contributed by atoms with E-state index in [1.165, 1.54) is 7.11 Å². The quantitative estimate of drug-likeness (QED) is 0.282. The van der Waals surface area contributed by atoms with Gasteiger partial charge in [-0.2, -0.15) is 0 Å². The highest BCUT2D eigenvalue weighted by Crippen LogP contribution is 2.28. The number of nitrogens with two attached hydrogens (primary N) is 1. The summed E-state index contributed by atoms with van der Waals surface area (Å²) >= 11 is 0. The number of hydrogen-bond donors (Lipinski definition) is 4. The fourth-order valence-corrected chi connectivity index (χ4v) is 1.66. The molecule has 19 heavy (non-hydrogen) atoms. The topological polar surface area (TPSA) is 109 Å². The maximum Gasteiger partial charge on any atom is 0.319 e. The summed E-state index contributed by atoms with van der Waals surface area (Å²) in [7, 11) is 1.48. The number of oxime groups is 1. The fraction of sp³-hybridized carbons (Fsp3) is 0.333. The molecule has 0 heterocycles. The molecule has 0 radical (unpaired) electrons. The van der Waals surface area contributed by atoms with Crippen LogP contribution in [0.15, 0.2) is 23.4 Å². The van der Waals surface area contributed by atoms with Gasteiger partial charge < -0.3 is 26.3 Å². The predicted octanol–water partition coefficient (Wildman–Crippen LogP) is 1.07. The smallest absolute Gasteiger partial charge is 0.319 e. The minimum atomic E-state index is -0.334. The number of benzene rings is 1. The van der Waals surface area contributed by atoms with E-state index in [2.05, 4.69) is 15.8 Å². The molecule has 0 spiro atoms. The number of carbonyl (C=O) groups is 1. The minimum absolute atomic E-state index is 0.0966. The van der Waals surface area contributed by atoms with Crippen molar-refractivity contribution in [2.45, 2.75) is 18.9 Å². The first-order chi connectivity index (χ1) is 9.15. The minimum Gasteiger partial charge on any atom is -0.495 e. The third-order valence-electron chi connectivity index (χ3n) is 2.78. The molecular weight excluding hydrogens is 248 g/mol. The Hall–Kier alpha value is -2.44. The predicted molar refractivity (Wildman–Crippen MR) is 70.7 cm³/mol. The third kappa shape index (κ3) is 3.06. The molecule has 1 fully saturated rings. The van der Waals surface area contributed by atoms with Gasteiger partial charge >= 0.3 is 6.03 Å². The van der Waals surface area contributed by atoms with Gasteiger partial charge in [-0.25, -0.2) is 4.79 Å². The van der Waals surface area contributed by atoms with Crippen LogP contribution in [0.1, 0.15) is 18.4 Å². The van der Waals surface area contributed by atoms with E-state index in [1.54, 1.807) is 18.2 Å². The number of urea groups is 1. The first kappa shape index (κ1) is 13.0. The average Bonchev–Trinajstić information content (AvgIpc) is 3.21. The normalized spacial score (nSPS) is 14.9. The number of nitrogens with one attached hydrogen (secondary N) is 2. The van der Waals surface area contributed by atoms with Crippen molar-refractivity contribution in [2.75, 3.05) is 12.4 Å². The first-order valence-electron chi connectivity index (χ1n) is 5.88. The van der Waals surface area contributed by atoms with Gasteiger partial charge in [-0.3, -0.25) is 0 Å². The Labute approximate surface area is 110 Å². The molecule has 1 aromatic carbocycles. The molecule has 1 saturated carbocycles. The van der Waals surface area contributed by atoms with Crippen molar-refractivity contribution < 1.29 is 14.7 Å². The van der Waals surface area contributed by atoms with Crippen LogP contribution in [0.5, 0.6) is 5.75 Å². The standard InChI is InChI=1S/C12H16N4O3/c1-19-9-4-2-3-8(11(13)16-18)10(9)15-12(17)14-7-5-6-7/h2-4,7,18H,5-6H2,1H3,(H2,13,16)(H2,14,15,17). The lowest BCUT2D eigenvalue weighted by Crippen LogP contribution is -2.31. The van der Waals surface area contributed by atoms with Crippen molar-refractivity contribution in [2.24, 2.45) is 10.9 Å². The molecule has 0 saturated heterocycles. The molecule has 1 aliphatic rings. The Morgan fingerprint density at radius 2 is 2.26 bits per heavy atom. The molecule has 0 atom stereocenters. The summed E-state index contributed by atoms with van der Waals surface area (Å²) < 4.78 is 5.17. The molecule has 0 bridgehead atoms. The number of anilines is 1. The highest BCUT2D eigenvalue weighted by Gasteiger charge is 2.24. The van der Waals surface area contributed by atoms with Gasteiger partial charge in [0.1, 0.15) is 5.75 Å². The van der Waals surface area contributed by atoms with E-state index in [-0.39, 0.29) is 17.9 Å². The molecule has 7 heteroatoms. The maximum absolute atomic E-state index is 11.8. The zero-order valence-electron chi connectivity index (χ0n) is 10.5. The number of amides is 2. The average molecular weight is 264 g/mol. The van der Waals surface area contributed by atoms with Gasteiger partial charge in [-0.15, -0.1) is 0 Å². The highest BCUT2D eigenvalue weighted by atomic mass is 16.5. The van der Waals surface area contributed by atoms with Crippen molar-refractivity contribution in [3.8, 4) is 5.75 Å². The first-order valence-corrected chi connectivity index (χ1v) is 5.88. The summed E-state index contributed by atoms with van der Waals surface area (Å²) in [4.78, 5) is 11.8. The number of ether oxygens (including phenoxy) is 1. The number of para-hydroxylation sites is 1. The van der Waals surface area contributed by atoms with Crippen LogP contribution in [0.25, 0.3) is 0 Å². The monoisotopic (exact) mass is 264 g/mol. The number of nitrogens with zero attached hydrogens (tertiary/aromatic N) is 1. The molecular formula is C12H16N4O3. The van der Waals surface area contributed by atoms with Crippen LogP contribution >= 0.6 is 0 Å². The van der Waals surface area contributed by atoms with Crippen LogP contribution in [0.4, 0.5) is 10.5 Å². The number of rotatable bonds is 4. The van der Waals surface area contributed by atoms with Crippen molar-refractivity contribution in [3.63, 3.8) is 0 Å². The van der Waals surface area contributed by atoms with Crippen molar-refractivity contribution in [1.29, 1.82) is 0 Å². The Morgan fingerprint density at radius 3 is 2.84 bits per heavy atom. The second-order valence-electron chi connectivity index (χ2n) is 4.24. The van der Waals surface area contributed by atoms with Gasteiger partial charge in [0, 0.05) is 11.6 Å². The van der Waals surface area contributed by atoms with Crippen molar-refractivity contribution >= 4 is 17.6 Å². The van der Waals surface area contributed by atoms with Gasteiger partial charge in [0.15, 0.2) is 5.84 Å². The summed E-state index contributed by atoms with van der Waals surface area (Å²) in [5, 5.41) is 17.2. The largest absolute Gasteiger partial charge is 0.495 e. The molecule has 1 aromatic rings. The number of methoxy groups -OCH3 is 1. The van der Waals surface area contributed by atoms with E-state index in [4.69, 9.17) is 15.7 Å². The highest BCUT2D eigenvalue weighted by molar-refractivity contribution is 6.06. The van der Waals surface area contributed by atoms with Gasteiger partial charge in [0.2, 0.25) is 0 Å². The van der Waals surface area contributed by atoms with Crippen LogP contribution in [0.3, 0.4) is 0 Å². The maximum atomic E-state index is 11.8. The van der Waals surface area contributed by atoms with Crippen LogP contribution in [-0.2, 0) is 0 Å². The van der Waals surface area contributed by atoms with Gasteiger partial charge in [0.05, 0.1) is 12.8 Å². The summed E-state index contributed by atoms with van der Waals surface area (Å²) in [6.07, 6.45) is 1.98. The van der Waals surface area contributed by atoms with Crippen LogP contribution in [0.2, 0.25) is 0 Å². The van der Waals surface area contributed by atoms with E-state index in [0.717, 1.165) is 12.8 Å². The van der Waals surface area contributed by atoms with Crippen LogP contribution in [0, 0.1) is 0 Å². The number of amidine groups is 1. The van der Waals surface area contributed by atoms with Crippen LogP contribution in [-0.4, -0.2) is 30.2 Å². The second-order valence-corrected chi connectivity index (χ2v) is 4.24. The van der Waals surface area contributed by atoms with E-state index in [9.17, 15) is 4.79 Å². The summed E-state index contributed by atoms with van der Waals surface area (Å²) in [6.45, 7) is 0. The zero-order chi connectivity index (χ0) is 13.8. The van der Waals surface area contributed by atoms with E-state index >= 15 is 0 Å². The van der Waals surface area contributed by atoms with E-state index < -0.39 is 0 Å². The zero-order valence-corrected chi connectivity index (χ0v) is 10.5. The lowest BCUT2D eigenvalue weighted by atomic mass is 10.1. The molecule has 2 amide bonds. The molecule has 7 nitrogen and oxygen atoms in total. The summed E-state index contributed by atoms with van der Waals surface area (Å²) in [5.41, 5.74) is 6.35. The lowest BCUT2D eigenvalue weighted by Gasteiger charge is -2.14. The molecule has 0 aromatic heterocycles. The lowest BCUT2D eigenvalue weighted by molar-refractivity contribution is 0.251. The number of carbonyl (C=O) groups excluding carboxylic acids is 1. The third-order valence-corrected chi connectivity index (χ3v) is 2.78. The summed E-state index contributed by atoms with van der Waals surface area (Å²) in [6, 6.07) is 4.91. The molecule has 2 rings (SSSR count). The van der Waals surface area contributed by atoms with Gasteiger partial charge in [-0.1, -0.05) is 11.2 Å². The Balaban J connectivity index is 2.26. The Bertz CT molecular complexity index is 512. The molecule has 0 unspecified atom stereocenters. The summed E-state index contributed by atoms with van der Waals surface area (Å²) in [5.74, 6) is 0.343. The van der Waals surface area contributed by atoms with Crippen molar-refractivity contribution in [3.05, 3.63) is 23.8 Å². The molecule has 5 N–H and O–H groups in total. The van der Waals surface area contributed by atoms with Crippen LogP contribution < -0.4 is 21.1 Å². The van der Waals surface area contributed by atoms with E-state index in [0.29, 0.717) is 17.0 Å².